The maximum atomic E-state index is 10.5. The van der Waals surface area contributed by atoms with Gasteiger partial charge in [-0.2, -0.15) is 4.57 Å². The van der Waals surface area contributed by atoms with Crippen molar-refractivity contribution in [1.29, 1.82) is 0 Å². The molecule has 0 aliphatic heterocycles. The van der Waals surface area contributed by atoms with Gasteiger partial charge in [-0.3, -0.25) is 0 Å². The molecule has 2 aromatic rings. The van der Waals surface area contributed by atoms with Gasteiger partial charge in [0, 0.05) is 6.07 Å². The molecule has 14 heavy (non-hydrogen) atoms. The minimum atomic E-state index is -0.837. The molecule has 0 bridgehead atoms. The average Bonchev–Trinajstić information content (AvgIpc) is 2.42. The van der Waals surface area contributed by atoms with Gasteiger partial charge in [0.25, 0.3) is 0 Å². The van der Waals surface area contributed by atoms with Crippen molar-refractivity contribution in [1.82, 2.24) is 4.98 Å². The van der Waals surface area contributed by atoms with Gasteiger partial charge in [0.2, 0.25) is 6.54 Å². The van der Waals surface area contributed by atoms with Crippen LogP contribution in [0.25, 0.3) is 10.2 Å². The summed E-state index contributed by atoms with van der Waals surface area (Å²) in [4.78, 5) is 14.8. The molecule has 0 saturated heterocycles. The molecule has 0 radical (unpaired) electrons. The van der Waals surface area contributed by atoms with Crippen LogP contribution < -0.4 is 4.57 Å². The van der Waals surface area contributed by atoms with Gasteiger partial charge in [-0.15, -0.1) is 11.3 Å². The molecule has 1 N–H and O–H groups in total. The summed E-state index contributed by atoms with van der Waals surface area (Å²) in [6.45, 7) is 1.93. The van der Waals surface area contributed by atoms with Crippen molar-refractivity contribution >= 4 is 27.5 Å². The zero-order valence-corrected chi connectivity index (χ0v) is 8.41. The first kappa shape index (κ1) is 9.08. The zero-order valence-electron chi connectivity index (χ0n) is 7.60. The highest BCUT2D eigenvalue weighted by molar-refractivity contribution is 7.18. The fraction of sp³-hybridized carbons (Fsp3) is 0.222. The molecular formula is C9H9N2O2S+. The van der Waals surface area contributed by atoms with Gasteiger partial charge < -0.3 is 5.11 Å². The molecule has 0 fully saturated rings. The fourth-order valence-corrected chi connectivity index (χ4v) is 2.15. The number of pyridine rings is 1. The van der Waals surface area contributed by atoms with Gasteiger partial charge in [-0.25, -0.2) is 9.78 Å². The Hall–Kier alpha value is -1.49. The highest BCUT2D eigenvalue weighted by Gasteiger charge is 2.09. The third-order valence-electron chi connectivity index (χ3n) is 1.81. The van der Waals surface area contributed by atoms with Crippen LogP contribution >= 0.6 is 11.3 Å². The Bertz CT molecular complexity index is 493. The largest absolute Gasteiger partial charge is 0.477 e. The predicted octanol–water partition coefficient (Wildman–Crippen LogP) is 0.977. The summed E-state index contributed by atoms with van der Waals surface area (Å²) in [5, 5.41) is 9.60. The van der Waals surface area contributed by atoms with Crippen LogP contribution in [-0.4, -0.2) is 16.1 Å². The number of aliphatic carboxylic acids is 1. The molecule has 0 saturated carbocycles. The molecule has 5 heteroatoms. The van der Waals surface area contributed by atoms with Gasteiger partial charge in [0.05, 0.1) is 10.5 Å². The summed E-state index contributed by atoms with van der Waals surface area (Å²) in [5.74, 6) is -0.837. The third kappa shape index (κ3) is 1.72. The summed E-state index contributed by atoms with van der Waals surface area (Å²) in [5.41, 5.74) is 0.925. The summed E-state index contributed by atoms with van der Waals surface area (Å²) in [7, 11) is 0. The van der Waals surface area contributed by atoms with Gasteiger partial charge in [0.1, 0.15) is 4.70 Å². The van der Waals surface area contributed by atoms with E-state index in [0.717, 1.165) is 15.2 Å². The molecule has 0 unspecified atom stereocenters. The number of aryl methyl sites for hydroxylation is 1. The van der Waals surface area contributed by atoms with Crippen molar-refractivity contribution < 1.29 is 14.5 Å². The second kappa shape index (κ2) is 3.34. The maximum Gasteiger partial charge on any atom is 0.370 e. The van der Waals surface area contributed by atoms with E-state index in [0.29, 0.717) is 0 Å². The Morgan fingerprint density at radius 3 is 3.21 bits per heavy atom. The number of nitrogens with zero attached hydrogens (tertiary/aromatic N) is 2. The first-order valence-electron chi connectivity index (χ1n) is 4.13. The van der Waals surface area contributed by atoms with Crippen molar-refractivity contribution in [3.8, 4) is 0 Å². The maximum absolute atomic E-state index is 10.5. The smallest absolute Gasteiger partial charge is 0.370 e. The van der Waals surface area contributed by atoms with Crippen LogP contribution in [0, 0.1) is 6.92 Å². The van der Waals surface area contributed by atoms with Crippen LogP contribution in [-0.2, 0) is 11.3 Å². The van der Waals surface area contributed by atoms with Crippen LogP contribution in [0.4, 0.5) is 0 Å². The van der Waals surface area contributed by atoms with Crippen LogP contribution in [0.1, 0.15) is 5.01 Å². The van der Waals surface area contributed by atoms with Crippen molar-refractivity contribution in [2.75, 3.05) is 0 Å². The Morgan fingerprint density at radius 2 is 2.50 bits per heavy atom. The highest BCUT2D eigenvalue weighted by Crippen LogP contribution is 2.18. The second-order valence-electron chi connectivity index (χ2n) is 2.99. The van der Waals surface area contributed by atoms with E-state index in [9.17, 15) is 4.79 Å². The number of rotatable bonds is 2. The lowest BCUT2D eigenvalue weighted by Gasteiger charge is -1.90. The Balaban J connectivity index is 2.45. The minimum Gasteiger partial charge on any atom is -0.477 e. The minimum absolute atomic E-state index is 0.00706. The number of carboxylic acid groups (broad SMARTS) is 1. The number of thiazole rings is 1. The summed E-state index contributed by atoms with van der Waals surface area (Å²) < 4.78 is 2.66. The van der Waals surface area contributed by atoms with E-state index in [1.165, 1.54) is 0 Å². The van der Waals surface area contributed by atoms with Gasteiger partial charge >= 0.3 is 5.97 Å². The summed E-state index contributed by atoms with van der Waals surface area (Å²) in [6, 6.07) is 1.84. The Kier molecular flexibility index (Phi) is 2.17. The average molecular weight is 209 g/mol. The van der Waals surface area contributed by atoms with Crippen LogP contribution in [0.3, 0.4) is 0 Å². The number of carboxylic acids is 1. The van der Waals surface area contributed by atoms with Crippen LogP contribution in [0.2, 0.25) is 0 Å². The number of fused-ring (bicyclic) bond motifs is 1. The summed E-state index contributed by atoms with van der Waals surface area (Å²) >= 11 is 1.57. The van der Waals surface area contributed by atoms with E-state index in [2.05, 4.69) is 4.98 Å². The number of carbonyl (C=O) groups is 1. The normalized spacial score (nSPS) is 10.6. The number of hydrogen-bond donors (Lipinski definition) is 1. The van der Waals surface area contributed by atoms with Crippen molar-refractivity contribution in [3.63, 3.8) is 0 Å². The van der Waals surface area contributed by atoms with Crippen molar-refractivity contribution in [2.24, 2.45) is 0 Å². The van der Waals surface area contributed by atoms with E-state index < -0.39 is 5.97 Å². The van der Waals surface area contributed by atoms with E-state index in [-0.39, 0.29) is 6.54 Å². The number of aromatic nitrogens is 2. The van der Waals surface area contributed by atoms with Crippen LogP contribution in [0.5, 0.6) is 0 Å². The zero-order chi connectivity index (χ0) is 10.1. The molecule has 2 heterocycles. The van der Waals surface area contributed by atoms with Crippen molar-refractivity contribution in [2.45, 2.75) is 13.5 Å². The van der Waals surface area contributed by atoms with Crippen LogP contribution in [0.15, 0.2) is 18.5 Å². The second-order valence-corrected chi connectivity index (χ2v) is 4.23. The number of hydrogen-bond acceptors (Lipinski definition) is 3. The first-order chi connectivity index (χ1) is 6.65. The first-order valence-corrected chi connectivity index (χ1v) is 4.95. The lowest BCUT2D eigenvalue weighted by atomic mass is 10.4. The van der Waals surface area contributed by atoms with Gasteiger partial charge in [0.15, 0.2) is 12.4 Å². The molecule has 0 aliphatic rings. The monoisotopic (exact) mass is 209 g/mol. The highest BCUT2D eigenvalue weighted by atomic mass is 32.1. The molecule has 0 aromatic carbocycles. The molecule has 0 aliphatic carbocycles. The predicted molar refractivity (Wildman–Crippen MR) is 52.2 cm³/mol. The lowest BCUT2D eigenvalue weighted by Crippen LogP contribution is -2.36. The molecule has 2 aromatic heterocycles. The Labute approximate surface area is 84.5 Å². The lowest BCUT2D eigenvalue weighted by molar-refractivity contribution is -0.684. The molecular weight excluding hydrogens is 200 g/mol. The van der Waals surface area contributed by atoms with Crippen molar-refractivity contribution in [3.05, 3.63) is 23.5 Å². The quantitative estimate of drug-likeness (QED) is 0.750. The van der Waals surface area contributed by atoms with E-state index >= 15 is 0 Å². The van der Waals surface area contributed by atoms with E-state index in [4.69, 9.17) is 5.11 Å². The molecule has 72 valence electrons. The topological polar surface area (TPSA) is 54.1 Å². The fourth-order valence-electron chi connectivity index (χ4n) is 1.29. The SMILES string of the molecule is Cc1nc2cc[n+](CC(=O)O)cc2s1. The molecule has 2 rings (SSSR count). The standard InChI is InChI=1S/C9H8N2O2S/c1-6-10-7-2-3-11(5-9(12)13)4-8(7)14-6/h2-4H,5H2,1H3/p+1. The van der Waals surface area contributed by atoms with E-state index in [1.54, 1.807) is 22.1 Å². The van der Waals surface area contributed by atoms with Gasteiger partial charge in [-0.05, 0) is 6.92 Å². The molecule has 0 spiro atoms. The summed E-state index contributed by atoms with van der Waals surface area (Å²) in [6.07, 6.45) is 3.55. The molecule has 0 atom stereocenters. The van der Waals surface area contributed by atoms with Gasteiger partial charge in [-0.1, -0.05) is 0 Å². The van der Waals surface area contributed by atoms with E-state index in [1.807, 2.05) is 19.2 Å². The molecule has 4 nitrogen and oxygen atoms in total. The molecule has 0 amide bonds. The Morgan fingerprint density at radius 1 is 1.71 bits per heavy atom. The third-order valence-corrected chi connectivity index (χ3v) is 2.73.